The van der Waals surface area contributed by atoms with Crippen molar-refractivity contribution in [2.45, 2.75) is 12.4 Å². The molecule has 3 rings (SSSR count). The van der Waals surface area contributed by atoms with E-state index in [1.54, 1.807) is 0 Å². The normalized spacial score (nSPS) is 11.9. The third-order valence-electron chi connectivity index (χ3n) is 4.17. The van der Waals surface area contributed by atoms with E-state index in [0.29, 0.717) is 9.36 Å². The fraction of sp³-hybridized carbons (Fsp3) is 0.176. The van der Waals surface area contributed by atoms with Crippen LogP contribution in [0.15, 0.2) is 47.3 Å². The van der Waals surface area contributed by atoms with Gasteiger partial charge in [-0.05, 0) is 47.7 Å². The zero-order valence-electron chi connectivity index (χ0n) is 16.4. The molecule has 0 radical (unpaired) electrons. The number of sulfonamides is 1. The fourth-order valence-corrected chi connectivity index (χ4v) is 3.80. The highest BCUT2D eigenvalue weighted by Crippen LogP contribution is 2.28. The Labute approximate surface area is 194 Å². The second-order valence-corrected chi connectivity index (χ2v) is 8.77. The lowest BCUT2D eigenvalue weighted by Gasteiger charge is -2.20. The standard InChI is InChI=1S/C17H13Cl2F3N6O4S/c1-2-26(11-6-3-5-10(9-11)23-33(31,32)17(20,21)22)15(29)28-16(30)27(24-25-28)14-12(18)7-4-8-13(14)19/h3-9,23H,2H2,1H3. The second-order valence-electron chi connectivity index (χ2n) is 6.28. The molecule has 1 amide bonds. The highest BCUT2D eigenvalue weighted by Gasteiger charge is 2.46. The van der Waals surface area contributed by atoms with Crippen molar-refractivity contribution in [1.82, 2.24) is 19.8 Å². The summed E-state index contributed by atoms with van der Waals surface area (Å²) in [7, 11) is -5.67. The Morgan fingerprint density at radius 3 is 2.30 bits per heavy atom. The maximum atomic E-state index is 13.0. The molecule has 0 aliphatic carbocycles. The number of hydrogen-bond acceptors (Lipinski definition) is 6. The third kappa shape index (κ3) is 4.82. The van der Waals surface area contributed by atoms with E-state index in [4.69, 9.17) is 23.2 Å². The molecule has 0 bridgehead atoms. The zero-order chi connectivity index (χ0) is 24.6. The average Bonchev–Trinajstić information content (AvgIpc) is 3.08. The molecule has 0 unspecified atom stereocenters. The van der Waals surface area contributed by atoms with E-state index in [2.05, 4.69) is 10.4 Å². The van der Waals surface area contributed by atoms with Crippen molar-refractivity contribution in [2.24, 2.45) is 0 Å². The number of amides is 1. The van der Waals surface area contributed by atoms with Gasteiger partial charge in [-0.15, -0.1) is 4.68 Å². The number of alkyl halides is 3. The summed E-state index contributed by atoms with van der Waals surface area (Å²) in [5.74, 6) is 0. The summed E-state index contributed by atoms with van der Waals surface area (Å²) in [4.78, 5) is 26.7. The van der Waals surface area contributed by atoms with Gasteiger partial charge in [-0.1, -0.05) is 35.3 Å². The molecule has 0 saturated carbocycles. The maximum Gasteiger partial charge on any atom is 0.516 e. The number of rotatable bonds is 5. The van der Waals surface area contributed by atoms with Gasteiger partial charge < -0.3 is 0 Å². The molecular weight excluding hydrogens is 512 g/mol. The molecule has 1 N–H and O–H groups in total. The van der Waals surface area contributed by atoms with E-state index < -0.39 is 32.9 Å². The minimum Gasteiger partial charge on any atom is -0.293 e. The first-order valence-electron chi connectivity index (χ1n) is 8.88. The number of nitrogens with one attached hydrogen (secondary N) is 1. The van der Waals surface area contributed by atoms with Crippen LogP contribution in [-0.4, -0.2) is 46.3 Å². The summed E-state index contributed by atoms with van der Waals surface area (Å²) in [6.07, 6.45) is 0. The fourth-order valence-electron chi connectivity index (χ4n) is 2.69. The molecule has 2 aromatic carbocycles. The predicted molar refractivity (Wildman–Crippen MR) is 114 cm³/mol. The molecule has 1 heterocycles. The SMILES string of the molecule is CCN(C(=O)n1nnn(-c2c(Cl)cccc2Cl)c1=O)c1cccc(NS(=O)(=O)C(F)(F)F)c1. The monoisotopic (exact) mass is 524 g/mol. The van der Waals surface area contributed by atoms with Crippen molar-refractivity contribution in [2.75, 3.05) is 16.2 Å². The summed E-state index contributed by atoms with van der Waals surface area (Å²) in [6, 6.07) is 8.03. The number of benzene rings is 2. The molecule has 10 nitrogen and oxygen atoms in total. The highest BCUT2D eigenvalue weighted by molar-refractivity contribution is 7.93. The summed E-state index contributed by atoms with van der Waals surface area (Å²) in [6.45, 7) is 1.46. The summed E-state index contributed by atoms with van der Waals surface area (Å²) in [5, 5.41) is 7.29. The topological polar surface area (TPSA) is 119 Å². The Kier molecular flexibility index (Phi) is 6.72. The van der Waals surface area contributed by atoms with Crippen molar-refractivity contribution >= 4 is 50.6 Å². The molecule has 1 aromatic heterocycles. The number of halogens is 5. The van der Waals surface area contributed by atoms with Gasteiger partial charge >= 0.3 is 27.3 Å². The van der Waals surface area contributed by atoms with Crippen molar-refractivity contribution in [3.8, 4) is 5.69 Å². The molecule has 16 heteroatoms. The molecule has 0 aliphatic rings. The largest absolute Gasteiger partial charge is 0.516 e. The molecule has 0 fully saturated rings. The van der Waals surface area contributed by atoms with E-state index >= 15 is 0 Å². The van der Waals surface area contributed by atoms with Crippen LogP contribution >= 0.6 is 23.2 Å². The molecule has 0 saturated heterocycles. The Morgan fingerprint density at radius 2 is 1.73 bits per heavy atom. The van der Waals surface area contributed by atoms with Gasteiger partial charge in [-0.2, -0.15) is 26.3 Å². The summed E-state index contributed by atoms with van der Waals surface area (Å²) in [5.41, 5.74) is -7.01. The minimum atomic E-state index is -5.67. The third-order valence-corrected chi connectivity index (χ3v) is 5.90. The first-order chi connectivity index (χ1) is 15.4. The lowest BCUT2D eigenvalue weighted by Crippen LogP contribution is -2.41. The van der Waals surface area contributed by atoms with Crippen LogP contribution in [-0.2, 0) is 10.0 Å². The van der Waals surface area contributed by atoms with Crippen LogP contribution in [0.25, 0.3) is 5.69 Å². The molecule has 0 atom stereocenters. The number of nitrogens with zero attached hydrogens (tertiary/aromatic N) is 5. The van der Waals surface area contributed by atoms with Crippen LogP contribution in [0, 0.1) is 0 Å². The number of aromatic nitrogens is 4. The van der Waals surface area contributed by atoms with Gasteiger partial charge in [-0.25, -0.2) is 9.59 Å². The van der Waals surface area contributed by atoms with Gasteiger partial charge in [0.25, 0.3) is 0 Å². The van der Waals surface area contributed by atoms with Crippen molar-refractivity contribution < 1.29 is 26.4 Å². The molecule has 33 heavy (non-hydrogen) atoms. The first kappa shape index (κ1) is 24.5. The van der Waals surface area contributed by atoms with Crippen LogP contribution in [0.5, 0.6) is 0 Å². The summed E-state index contributed by atoms with van der Waals surface area (Å²) < 4.78 is 63.2. The number of para-hydroxylation sites is 1. The zero-order valence-corrected chi connectivity index (χ0v) is 18.7. The molecule has 176 valence electrons. The average molecular weight is 525 g/mol. The minimum absolute atomic E-state index is 0.00325. The van der Waals surface area contributed by atoms with Gasteiger partial charge in [0.2, 0.25) is 0 Å². The van der Waals surface area contributed by atoms with E-state index in [0.717, 1.165) is 17.0 Å². The van der Waals surface area contributed by atoms with Crippen LogP contribution in [0.2, 0.25) is 10.0 Å². The van der Waals surface area contributed by atoms with Gasteiger partial charge in [0.15, 0.2) is 0 Å². The van der Waals surface area contributed by atoms with E-state index in [1.807, 2.05) is 0 Å². The number of carbonyl (C=O) groups is 1. The van der Waals surface area contributed by atoms with Crippen LogP contribution in [0.4, 0.5) is 29.3 Å². The Balaban J connectivity index is 1.97. The van der Waals surface area contributed by atoms with Gasteiger partial charge in [-0.3, -0.25) is 9.62 Å². The Hall–Kier alpha value is -3.10. The molecular formula is C17H13Cl2F3N6O4S. The van der Waals surface area contributed by atoms with Gasteiger partial charge in [0.05, 0.1) is 15.7 Å². The number of anilines is 2. The Morgan fingerprint density at radius 1 is 1.12 bits per heavy atom. The Bertz CT molecular complexity index is 1350. The number of hydrogen-bond donors (Lipinski definition) is 1. The summed E-state index contributed by atoms with van der Waals surface area (Å²) >= 11 is 12.1. The van der Waals surface area contributed by atoms with Crippen LogP contribution < -0.4 is 15.3 Å². The number of carbonyl (C=O) groups excluding carboxylic acids is 1. The smallest absolute Gasteiger partial charge is 0.293 e. The van der Waals surface area contributed by atoms with Crippen LogP contribution in [0.3, 0.4) is 0 Å². The predicted octanol–water partition coefficient (Wildman–Crippen LogP) is 3.49. The van der Waals surface area contributed by atoms with E-state index in [-0.39, 0.29) is 28.0 Å². The molecule has 0 spiro atoms. The van der Waals surface area contributed by atoms with Gasteiger partial charge in [0, 0.05) is 12.2 Å². The lowest BCUT2D eigenvalue weighted by molar-refractivity contribution is -0.0429. The molecule has 0 aliphatic heterocycles. The molecule has 3 aromatic rings. The van der Waals surface area contributed by atoms with Crippen molar-refractivity contribution in [1.29, 1.82) is 0 Å². The first-order valence-corrected chi connectivity index (χ1v) is 11.1. The van der Waals surface area contributed by atoms with E-state index in [9.17, 15) is 31.2 Å². The van der Waals surface area contributed by atoms with Crippen LogP contribution in [0.1, 0.15) is 6.92 Å². The van der Waals surface area contributed by atoms with Crippen molar-refractivity contribution in [3.63, 3.8) is 0 Å². The quantitative estimate of drug-likeness (QED) is 0.510. The maximum absolute atomic E-state index is 13.0. The highest BCUT2D eigenvalue weighted by atomic mass is 35.5. The second kappa shape index (κ2) is 9.03. The van der Waals surface area contributed by atoms with Gasteiger partial charge in [0.1, 0.15) is 5.69 Å². The number of tetrazole rings is 1. The lowest BCUT2D eigenvalue weighted by atomic mass is 10.2. The van der Waals surface area contributed by atoms with Crippen molar-refractivity contribution in [3.05, 3.63) is 63.0 Å². The van der Waals surface area contributed by atoms with E-state index in [1.165, 1.54) is 42.0 Å².